The number of carbonyl (C=O) groups is 2. The molecule has 3 amide bonds. The number of urea groups is 1. The van der Waals surface area contributed by atoms with E-state index in [0.717, 1.165) is 18.5 Å². The maximum atomic E-state index is 12.6. The molecule has 3 rings (SSSR count). The van der Waals surface area contributed by atoms with Crippen LogP contribution in [0.5, 0.6) is 0 Å². The molecule has 1 fully saturated rings. The van der Waals surface area contributed by atoms with Crippen LogP contribution in [0.2, 0.25) is 5.02 Å². The standard InChI is InChI=1S/C21H24ClN3O2/c1-15(20(26)24-19-10-6-5-9-18(19)22)16-11-13-25(14-12-16)21(27)23-17-7-3-2-4-8-17/h2-10,15-16H,11-14H2,1H3,(H,23,27)(H,24,26)/t15-/m1/s1. The Bertz CT molecular complexity index is 789. The fraction of sp³-hybridized carbons (Fsp3) is 0.333. The van der Waals surface area contributed by atoms with Gasteiger partial charge in [-0.1, -0.05) is 48.9 Å². The first-order valence-corrected chi connectivity index (χ1v) is 9.59. The molecule has 2 aromatic carbocycles. The minimum absolute atomic E-state index is 0.0321. The van der Waals surface area contributed by atoms with E-state index < -0.39 is 0 Å². The van der Waals surface area contributed by atoms with Crippen molar-refractivity contribution in [2.24, 2.45) is 11.8 Å². The number of carbonyl (C=O) groups excluding carboxylic acids is 2. The van der Waals surface area contributed by atoms with E-state index in [2.05, 4.69) is 10.6 Å². The lowest BCUT2D eigenvalue weighted by Crippen LogP contribution is -2.43. The third kappa shape index (κ3) is 5.01. The Morgan fingerprint density at radius 3 is 2.30 bits per heavy atom. The molecule has 0 bridgehead atoms. The molecule has 0 saturated carbocycles. The summed E-state index contributed by atoms with van der Waals surface area (Å²) in [5.41, 5.74) is 1.42. The number of piperidine rings is 1. The molecule has 2 N–H and O–H groups in total. The van der Waals surface area contributed by atoms with E-state index in [9.17, 15) is 9.59 Å². The van der Waals surface area contributed by atoms with Crippen molar-refractivity contribution < 1.29 is 9.59 Å². The summed E-state index contributed by atoms with van der Waals surface area (Å²) in [4.78, 5) is 26.7. The van der Waals surface area contributed by atoms with Gasteiger partial charge in [-0.2, -0.15) is 0 Å². The molecule has 142 valence electrons. The number of likely N-dealkylation sites (tertiary alicyclic amines) is 1. The smallest absolute Gasteiger partial charge is 0.321 e. The number of nitrogens with zero attached hydrogens (tertiary/aromatic N) is 1. The van der Waals surface area contributed by atoms with Crippen molar-refractivity contribution in [1.82, 2.24) is 4.90 Å². The Morgan fingerprint density at radius 1 is 1.00 bits per heavy atom. The molecule has 5 nitrogen and oxygen atoms in total. The number of hydrogen-bond donors (Lipinski definition) is 2. The largest absolute Gasteiger partial charge is 0.325 e. The summed E-state index contributed by atoms with van der Waals surface area (Å²) < 4.78 is 0. The molecule has 0 radical (unpaired) electrons. The Hall–Kier alpha value is -2.53. The van der Waals surface area contributed by atoms with Crippen molar-refractivity contribution in [1.29, 1.82) is 0 Å². The lowest BCUT2D eigenvalue weighted by atomic mass is 9.85. The van der Waals surface area contributed by atoms with Gasteiger partial charge < -0.3 is 15.5 Å². The Kier molecular flexibility index (Phi) is 6.35. The second-order valence-electron chi connectivity index (χ2n) is 6.88. The van der Waals surface area contributed by atoms with Crippen molar-refractivity contribution in [2.75, 3.05) is 23.7 Å². The topological polar surface area (TPSA) is 61.4 Å². The lowest BCUT2D eigenvalue weighted by Gasteiger charge is -2.34. The predicted octanol–water partition coefficient (Wildman–Crippen LogP) is 4.86. The molecule has 2 aromatic rings. The van der Waals surface area contributed by atoms with Crippen LogP contribution in [-0.4, -0.2) is 29.9 Å². The van der Waals surface area contributed by atoms with Crippen molar-refractivity contribution in [2.45, 2.75) is 19.8 Å². The molecule has 1 atom stereocenters. The molecule has 0 unspecified atom stereocenters. The summed E-state index contributed by atoms with van der Waals surface area (Å²) >= 11 is 6.11. The van der Waals surface area contributed by atoms with Gasteiger partial charge in [-0.3, -0.25) is 4.79 Å². The van der Waals surface area contributed by atoms with Gasteiger partial charge in [0.1, 0.15) is 0 Å². The normalized spacial score (nSPS) is 15.9. The Labute approximate surface area is 164 Å². The summed E-state index contributed by atoms with van der Waals surface area (Å²) in [5.74, 6) is 0.0733. The van der Waals surface area contributed by atoms with Crippen LogP contribution in [0.4, 0.5) is 16.2 Å². The fourth-order valence-corrected chi connectivity index (χ4v) is 3.53. The maximum absolute atomic E-state index is 12.6. The van der Waals surface area contributed by atoms with Gasteiger partial charge in [0.05, 0.1) is 10.7 Å². The zero-order valence-electron chi connectivity index (χ0n) is 15.3. The van der Waals surface area contributed by atoms with Crippen LogP contribution in [0, 0.1) is 11.8 Å². The molecule has 1 aliphatic heterocycles. The van der Waals surface area contributed by atoms with Gasteiger partial charge in [0.25, 0.3) is 0 Å². The minimum atomic E-state index is -0.138. The van der Waals surface area contributed by atoms with Crippen molar-refractivity contribution in [3.05, 3.63) is 59.6 Å². The minimum Gasteiger partial charge on any atom is -0.325 e. The zero-order valence-corrected chi connectivity index (χ0v) is 16.1. The molecule has 0 aliphatic carbocycles. The average molecular weight is 386 g/mol. The summed E-state index contributed by atoms with van der Waals surface area (Å²) in [6.07, 6.45) is 1.61. The van der Waals surface area contributed by atoms with E-state index in [0.29, 0.717) is 23.8 Å². The van der Waals surface area contributed by atoms with Crippen LogP contribution in [0.1, 0.15) is 19.8 Å². The number of halogens is 1. The van der Waals surface area contributed by atoms with E-state index in [1.165, 1.54) is 0 Å². The molecular formula is C21H24ClN3O2. The van der Waals surface area contributed by atoms with E-state index in [1.54, 1.807) is 12.1 Å². The fourth-order valence-electron chi connectivity index (χ4n) is 3.35. The highest BCUT2D eigenvalue weighted by molar-refractivity contribution is 6.33. The van der Waals surface area contributed by atoms with Crippen LogP contribution in [-0.2, 0) is 4.79 Å². The second kappa shape index (κ2) is 8.91. The number of nitrogens with one attached hydrogen (secondary N) is 2. The van der Waals surface area contributed by atoms with Gasteiger partial charge in [0, 0.05) is 24.7 Å². The van der Waals surface area contributed by atoms with E-state index in [-0.39, 0.29) is 23.8 Å². The second-order valence-corrected chi connectivity index (χ2v) is 7.29. The van der Waals surface area contributed by atoms with Gasteiger partial charge in [0.2, 0.25) is 5.91 Å². The van der Waals surface area contributed by atoms with Gasteiger partial charge in [-0.15, -0.1) is 0 Å². The molecule has 1 aliphatic rings. The Balaban J connectivity index is 1.50. The third-order valence-corrected chi connectivity index (χ3v) is 5.43. The molecule has 1 saturated heterocycles. The zero-order chi connectivity index (χ0) is 19.2. The highest BCUT2D eigenvalue weighted by atomic mass is 35.5. The quantitative estimate of drug-likeness (QED) is 0.789. The lowest BCUT2D eigenvalue weighted by molar-refractivity contribution is -0.121. The monoisotopic (exact) mass is 385 g/mol. The number of anilines is 2. The SMILES string of the molecule is C[C@@H](C(=O)Nc1ccccc1Cl)C1CCN(C(=O)Nc2ccccc2)CC1. The molecule has 0 aromatic heterocycles. The highest BCUT2D eigenvalue weighted by Gasteiger charge is 2.30. The number of benzene rings is 2. The number of rotatable bonds is 4. The van der Waals surface area contributed by atoms with E-state index in [4.69, 9.17) is 11.6 Å². The van der Waals surface area contributed by atoms with Crippen molar-refractivity contribution >= 4 is 34.9 Å². The van der Waals surface area contributed by atoms with Crippen LogP contribution in [0.25, 0.3) is 0 Å². The summed E-state index contributed by atoms with van der Waals surface area (Å²) in [7, 11) is 0. The van der Waals surface area contributed by atoms with Gasteiger partial charge >= 0.3 is 6.03 Å². The number of hydrogen-bond acceptors (Lipinski definition) is 2. The highest BCUT2D eigenvalue weighted by Crippen LogP contribution is 2.28. The third-order valence-electron chi connectivity index (χ3n) is 5.10. The first-order valence-electron chi connectivity index (χ1n) is 9.21. The number of para-hydroxylation sites is 2. The van der Waals surface area contributed by atoms with Crippen molar-refractivity contribution in [3.8, 4) is 0 Å². The van der Waals surface area contributed by atoms with Crippen LogP contribution in [0.3, 0.4) is 0 Å². The molecule has 0 spiro atoms. The van der Waals surface area contributed by atoms with E-state index in [1.807, 2.05) is 54.3 Å². The summed E-state index contributed by atoms with van der Waals surface area (Å²) in [6, 6.07) is 16.6. The van der Waals surface area contributed by atoms with Crippen molar-refractivity contribution in [3.63, 3.8) is 0 Å². The summed E-state index contributed by atoms with van der Waals surface area (Å²) in [5, 5.41) is 6.35. The van der Waals surface area contributed by atoms with Gasteiger partial charge in [0.15, 0.2) is 0 Å². The van der Waals surface area contributed by atoms with Crippen LogP contribution in [0.15, 0.2) is 54.6 Å². The molecule has 1 heterocycles. The van der Waals surface area contributed by atoms with Gasteiger partial charge in [-0.05, 0) is 43.0 Å². The Morgan fingerprint density at radius 2 is 1.63 bits per heavy atom. The first-order chi connectivity index (χ1) is 13.0. The predicted molar refractivity (Wildman–Crippen MR) is 109 cm³/mol. The molecular weight excluding hydrogens is 362 g/mol. The first kappa shape index (κ1) is 19.2. The molecule has 6 heteroatoms. The summed E-state index contributed by atoms with van der Waals surface area (Å²) in [6.45, 7) is 3.23. The van der Waals surface area contributed by atoms with Gasteiger partial charge in [-0.25, -0.2) is 4.79 Å². The maximum Gasteiger partial charge on any atom is 0.321 e. The van der Waals surface area contributed by atoms with E-state index >= 15 is 0 Å². The van der Waals surface area contributed by atoms with Crippen LogP contribution >= 0.6 is 11.6 Å². The molecule has 27 heavy (non-hydrogen) atoms. The average Bonchev–Trinajstić information content (AvgIpc) is 2.70. The number of amides is 3. The van der Waals surface area contributed by atoms with Crippen LogP contribution < -0.4 is 10.6 Å².